The van der Waals surface area contributed by atoms with Crippen LogP contribution in [0.1, 0.15) is 29.6 Å². The molecule has 2 N–H and O–H groups in total. The van der Waals surface area contributed by atoms with Crippen LogP contribution < -0.4 is 20.1 Å². The molecule has 0 saturated carbocycles. The van der Waals surface area contributed by atoms with Gasteiger partial charge in [0.1, 0.15) is 18.1 Å². The third kappa shape index (κ3) is 4.43. The summed E-state index contributed by atoms with van der Waals surface area (Å²) < 4.78 is 16.8. The quantitative estimate of drug-likeness (QED) is 0.829. The molecule has 0 bridgehead atoms. The Kier molecular flexibility index (Phi) is 5.43. The standard InChI is InChI=1S/C21H22N2O5/c24-20-13-28-19-11-14(4-9-18(19)23-20)21(25)22-15-5-7-16(8-6-15)27-12-17-3-1-2-10-26-17/h4-9,11,17H,1-3,10,12-13H2,(H,22,25)(H,23,24). The van der Waals surface area contributed by atoms with E-state index in [1.54, 1.807) is 30.3 Å². The summed E-state index contributed by atoms with van der Waals surface area (Å²) >= 11 is 0. The Morgan fingerprint density at radius 1 is 1.18 bits per heavy atom. The molecule has 0 aromatic heterocycles. The van der Waals surface area contributed by atoms with E-state index < -0.39 is 0 Å². The van der Waals surface area contributed by atoms with E-state index in [1.807, 2.05) is 12.1 Å². The third-order valence-corrected chi connectivity index (χ3v) is 4.70. The Morgan fingerprint density at radius 2 is 2.04 bits per heavy atom. The first-order valence-corrected chi connectivity index (χ1v) is 9.40. The van der Waals surface area contributed by atoms with Gasteiger partial charge in [0.25, 0.3) is 11.8 Å². The van der Waals surface area contributed by atoms with Crippen molar-refractivity contribution in [2.24, 2.45) is 0 Å². The maximum absolute atomic E-state index is 12.5. The van der Waals surface area contributed by atoms with Gasteiger partial charge in [-0.2, -0.15) is 0 Å². The number of hydrogen-bond acceptors (Lipinski definition) is 5. The van der Waals surface area contributed by atoms with E-state index in [-0.39, 0.29) is 24.5 Å². The molecule has 7 heteroatoms. The lowest BCUT2D eigenvalue weighted by atomic mass is 10.1. The number of amides is 2. The lowest BCUT2D eigenvalue weighted by Gasteiger charge is -2.22. The molecule has 2 aliphatic heterocycles. The SMILES string of the molecule is O=C1COc2cc(C(=O)Nc3ccc(OCC4CCCCO4)cc3)ccc2N1. The normalized spacial score (nSPS) is 18.4. The Balaban J connectivity index is 1.33. The van der Waals surface area contributed by atoms with E-state index >= 15 is 0 Å². The van der Waals surface area contributed by atoms with Crippen LogP contribution in [0.3, 0.4) is 0 Å². The zero-order valence-corrected chi connectivity index (χ0v) is 15.4. The Bertz CT molecular complexity index is 860. The first-order chi connectivity index (χ1) is 13.7. The second kappa shape index (κ2) is 8.31. The van der Waals surface area contributed by atoms with Crippen LogP contribution in [-0.4, -0.2) is 37.7 Å². The summed E-state index contributed by atoms with van der Waals surface area (Å²) in [5.41, 5.74) is 1.68. The molecule has 1 unspecified atom stereocenters. The van der Waals surface area contributed by atoms with Crippen molar-refractivity contribution in [1.29, 1.82) is 0 Å². The molecule has 0 aliphatic carbocycles. The first kappa shape index (κ1) is 18.3. The van der Waals surface area contributed by atoms with Crippen LogP contribution in [0.15, 0.2) is 42.5 Å². The van der Waals surface area contributed by atoms with Crippen molar-refractivity contribution in [3.63, 3.8) is 0 Å². The summed E-state index contributed by atoms with van der Waals surface area (Å²) in [5, 5.41) is 5.54. The number of fused-ring (bicyclic) bond motifs is 1. The number of rotatable bonds is 5. The highest BCUT2D eigenvalue weighted by Gasteiger charge is 2.18. The molecular formula is C21H22N2O5. The predicted molar refractivity (Wildman–Crippen MR) is 104 cm³/mol. The molecular weight excluding hydrogens is 360 g/mol. The minimum atomic E-state index is -0.257. The summed E-state index contributed by atoms with van der Waals surface area (Å²) in [7, 11) is 0. The molecule has 28 heavy (non-hydrogen) atoms. The second-order valence-corrected chi connectivity index (χ2v) is 6.83. The largest absolute Gasteiger partial charge is 0.491 e. The lowest BCUT2D eigenvalue weighted by molar-refractivity contribution is -0.118. The predicted octanol–water partition coefficient (Wildman–Crippen LogP) is 3.22. The fourth-order valence-corrected chi connectivity index (χ4v) is 3.18. The molecule has 0 spiro atoms. The number of hydrogen-bond donors (Lipinski definition) is 2. The summed E-state index contributed by atoms with van der Waals surface area (Å²) in [5.74, 6) is 0.764. The van der Waals surface area contributed by atoms with Crippen LogP contribution in [0.2, 0.25) is 0 Å². The van der Waals surface area contributed by atoms with Gasteiger partial charge in [0.2, 0.25) is 0 Å². The molecule has 2 amide bonds. The average molecular weight is 382 g/mol. The Hall–Kier alpha value is -3.06. The van der Waals surface area contributed by atoms with E-state index in [4.69, 9.17) is 14.2 Å². The number of ether oxygens (including phenoxy) is 3. The Morgan fingerprint density at radius 3 is 2.82 bits per heavy atom. The van der Waals surface area contributed by atoms with E-state index in [0.717, 1.165) is 25.2 Å². The highest BCUT2D eigenvalue weighted by molar-refractivity contribution is 6.05. The molecule has 1 atom stereocenters. The van der Waals surface area contributed by atoms with Crippen molar-refractivity contribution in [3.8, 4) is 11.5 Å². The van der Waals surface area contributed by atoms with Crippen LogP contribution in [0.25, 0.3) is 0 Å². The van der Waals surface area contributed by atoms with Crippen molar-refractivity contribution in [1.82, 2.24) is 0 Å². The van der Waals surface area contributed by atoms with Crippen LogP contribution >= 0.6 is 0 Å². The van der Waals surface area contributed by atoms with Gasteiger partial charge in [-0.1, -0.05) is 0 Å². The van der Waals surface area contributed by atoms with Gasteiger partial charge >= 0.3 is 0 Å². The molecule has 2 aliphatic rings. The number of nitrogens with one attached hydrogen (secondary N) is 2. The zero-order valence-electron chi connectivity index (χ0n) is 15.4. The van der Waals surface area contributed by atoms with Crippen molar-refractivity contribution in [2.75, 3.05) is 30.5 Å². The number of benzene rings is 2. The highest BCUT2D eigenvalue weighted by Crippen LogP contribution is 2.29. The van der Waals surface area contributed by atoms with Crippen LogP contribution in [0.5, 0.6) is 11.5 Å². The van der Waals surface area contributed by atoms with Crippen molar-refractivity contribution >= 4 is 23.2 Å². The maximum Gasteiger partial charge on any atom is 0.262 e. The summed E-state index contributed by atoms with van der Waals surface area (Å²) in [6.45, 7) is 1.29. The highest BCUT2D eigenvalue weighted by atomic mass is 16.5. The third-order valence-electron chi connectivity index (χ3n) is 4.70. The molecule has 2 aromatic rings. The van der Waals surface area contributed by atoms with E-state index in [9.17, 15) is 9.59 Å². The van der Waals surface area contributed by atoms with Crippen molar-refractivity contribution in [3.05, 3.63) is 48.0 Å². The van der Waals surface area contributed by atoms with Crippen LogP contribution in [0, 0.1) is 0 Å². The molecule has 146 valence electrons. The molecule has 0 radical (unpaired) electrons. The van der Waals surface area contributed by atoms with Crippen LogP contribution in [0.4, 0.5) is 11.4 Å². The monoisotopic (exact) mass is 382 g/mol. The van der Waals surface area contributed by atoms with Gasteiger partial charge in [-0.15, -0.1) is 0 Å². The van der Waals surface area contributed by atoms with Gasteiger partial charge < -0.3 is 24.8 Å². The Labute approximate surface area is 163 Å². The van der Waals surface area contributed by atoms with Gasteiger partial charge in [-0.3, -0.25) is 9.59 Å². The molecule has 2 aromatic carbocycles. The molecule has 1 fully saturated rings. The molecule has 4 rings (SSSR count). The van der Waals surface area contributed by atoms with Gasteiger partial charge in [-0.25, -0.2) is 0 Å². The number of anilines is 2. The molecule has 2 heterocycles. The average Bonchev–Trinajstić information content (AvgIpc) is 2.73. The van der Waals surface area contributed by atoms with E-state index in [1.165, 1.54) is 6.42 Å². The van der Waals surface area contributed by atoms with Gasteiger partial charge in [0, 0.05) is 17.9 Å². The summed E-state index contributed by atoms with van der Waals surface area (Å²) in [4.78, 5) is 23.8. The van der Waals surface area contributed by atoms with Gasteiger partial charge in [0.05, 0.1) is 11.8 Å². The number of carbonyl (C=O) groups is 2. The fraction of sp³-hybridized carbons (Fsp3) is 0.333. The van der Waals surface area contributed by atoms with Crippen LogP contribution in [-0.2, 0) is 9.53 Å². The number of carbonyl (C=O) groups excluding carboxylic acids is 2. The maximum atomic E-state index is 12.5. The zero-order chi connectivity index (χ0) is 19.3. The van der Waals surface area contributed by atoms with Crippen molar-refractivity contribution in [2.45, 2.75) is 25.4 Å². The van der Waals surface area contributed by atoms with Gasteiger partial charge in [0.15, 0.2) is 6.61 Å². The fourth-order valence-electron chi connectivity index (χ4n) is 3.18. The summed E-state index contributed by atoms with van der Waals surface area (Å²) in [6, 6.07) is 12.2. The van der Waals surface area contributed by atoms with Crippen molar-refractivity contribution < 1.29 is 23.8 Å². The topological polar surface area (TPSA) is 85.9 Å². The van der Waals surface area contributed by atoms with E-state index in [2.05, 4.69) is 10.6 Å². The smallest absolute Gasteiger partial charge is 0.262 e. The molecule has 1 saturated heterocycles. The van der Waals surface area contributed by atoms with E-state index in [0.29, 0.717) is 29.3 Å². The first-order valence-electron chi connectivity index (χ1n) is 9.40. The minimum Gasteiger partial charge on any atom is -0.491 e. The minimum absolute atomic E-state index is 0.0502. The lowest BCUT2D eigenvalue weighted by Crippen LogP contribution is -2.25. The second-order valence-electron chi connectivity index (χ2n) is 6.83. The summed E-state index contributed by atoms with van der Waals surface area (Å²) in [6.07, 6.45) is 3.49. The molecule has 7 nitrogen and oxygen atoms in total. The van der Waals surface area contributed by atoms with Gasteiger partial charge in [-0.05, 0) is 61.7 Å².